The summed E-state index contributed by atoms with van der Waals surface area (Å²) in [7, 11) is 0. The second-order valence-electron chi connectivity index (χ2n) is 4.14. The molecule has 0 spiro atoms. The number of nitrogens with zero attached hydrogens (tertiary/aromatic N) is 1. The van der Waals surface area contributed by atoms with E-state index in [2.05, 4.69) is 0 Å². The van der Waals surface area contributed by atoms with Crippen molar-refractivity contribution < 1.29 is 15.0 Å². The summed E-state index contributed by atoms with van der Waals surface area (Å²) in [5.74, 6) is 0. The third-order valence-electron chi connectivity index (χ3n) is 3.11. The fraction of sp³-hybridized carbons (Fsp3) is 0.0714. The highest BCUT2D eigenvalue weighted by molar-refractivity contribution is 6.01. The lowest BCUT2D eigenvalue weighted by atomic mass is 9.99. The minimum atomic E-state index is -1.16. The molecule has 0 radical (unpaired) electrons. The molecule has 0 bridgehead atoms. The zero-order chi connectivity index (χ0) is 12.7. The van der Waals surface area contributed by atoms with Gasteiger partial charge in [0.2, 0.25) is 0 Å². The molecule has 0 fully saturated rings. The van der Waals surface area contributed by atoms with Crippen molar-refractivity contribution in [2.45, 2.75) is 6.23 Å². The summed E-state index contributed by atoms with van der Waals surface area (Å²) in [6.45, 7) is 0. The van der Waals surface area contributed by atoms with E-state index in [9.17, 15) is 9.90 Å². The molecule has 2 aromatic rings. The van der Waals surface area contributed by atoms with Gasteiger partial charge in [0.15, 0.2) is 6.23 Å². The topological polar surface area (TPSA) is 60.8 Å². The van der Waals surface area contributed by atoms with Crippen LogP contribution in [0.3, 0.4) is 0 Å². The van der Waals surface area contributed by atoms with Crippen molar-refractivity contribution >= 4 is 28.6 Å². The highest BCUT2D eigenvalue weighted by Gasteiger charge is 2.26. The van der Waals surface area contributed by atoms with E-state index in [1.807, 2.05) is 30.3 Å². The summed E-state index contributed by atoms with van der Waals surface area (Å²) in [5, 5.41) is 20.9. The van der Waals surface area contributed by atoms with Crippen molar-refractivity contribution in [2.75, 3.05) is 4.90 Å². The van der Waals surface area contributed by atoms with Crippen molar-refractivity contribution in [2.24, 2.45) is 0 Å². The molecule has 1 aliphatic heterocycles. The molecule has 1 heterocycles. The average molecular weight is 241 g/mol. The Kier molecular flexibility index (Phi) is 2.31. The molecule has 0 aromatic heterocycles. The van der Waals surface area contributed by atoms with E-state index in [-0.39, 0.29) is 0 Å². The number of fused-ring (bicyclic) bond motifs is 3. The molecule has 0 aliphatic carbocycles. The van der Waals surface area contributed by atoms with Crippen LogP contribution in [-0.2, 0) is 0 Å². The van der Waals surface area contributed by atoms with Crippen LogP contribution >= 0.6 is 0 Å². The van der Waals surface area contributed by atoms with E-state index in [0.717, 1.165) is 21.2 Å². The first kappa shape index (κ1) is 10.8. The highest BCUT2D eigenvalue weighted by atomic mass is 16.4. The Balaban J connectivity index is 2.31. The predicted molar refractivity (Wildman–Crippen MR) is 69.5 cm³/mol. The number of amides is 1. The molecule has 1 unspecified atom stereocenters. The van der Waals surface area contributed by atoms with E-state index >= 15 is 0 Å². The number of hydrogen-bond donors (Lipinski definition) is 2. The van der Waals surface area contributed by atoms with Crippen molar-refractivity contribution in [3.63, 3.8) is 0 Å². The molecule has 3 rings (SSSR count). The quantitative estimate of drug-likeness (QED) is 0.745. The summed E-state index contributed by atoms with van der Waals surface area (Å²) < 4.78 is 0. The summed E-state index contributed by atoms with van der Waals surface area (Å²) in [6.07, 6.45) is 0.949. The molecule has 1 aliphatic rings. The molecular weight excluding hydrogens is 230 g/mol. The van der Waals surface area contributed by atoms with Crippen molar-refractivity contribution in [1.29, 1.82) is 0 Å². The van der Waals surface area contributed by atoms with Gasteiger partial charge in [0.05, 0.1) is 5.69 Å². The molecule has 1 atom stereocenters. The lowest BCUT2D eigenvalue weighted by Crippen LogP contribution is -2.40. The number of hydrogen-bond acceptors (Lipinski definition) is 2. The maximum atomic E-state index is 11.2. The molecule has 4 heteroatoms. The van der Waals surface area contributed by atoms with Gasteiger partial charge in [-0.15, -0.1) is 0 Å². The predicted octanol–water partition coefficient (Wildman–Crippen LogP) is 2.67. The SMILES string of the molecule is O=C(O)N1c2ccc3ccccc3c2C=CC1O. The Morgan fingerprint density at radius 2 is 1.94 bits per heavy atom. The van der Waals surface area contributed by atoms with Gasteiger partial charge in [0, 0.05) is 5.56 Å². The number of rotatable bonds is 0. The summed E-state index contributed by atoms with van der Waals surface area (Å²) in [4.78, 5) is 12.2. The maximum Gasteiger partial charge on any atom is 0.414 e. The zero-order valence-electron chi connectivity index (χ0n) is 9.45. The van der Waals surface area contributed by atoms with Gasteiger partial charge in [-0.2, -0.15) is 0 Å². The van der Waals surface area contributed by atoms with Gasteiger partial charge in [-0.05, 0) is 22.9 Å². The minimum absolute atomic E-state index is 0.510. The van der Waals surface area contributed by atoms with Gasteiger partial charge >= 0.3 is 6.09 Å². The fourth-order valence-electron chi connectivity index (χ4n) is 2.30. The van der Waals surface area contributed by atoms with Crippen LogP contribution < -0.4 is 4.90 Å². The van der Waals surface area contributed by atoms with Crippen molar-refractivity contribution in [1.82, 2.24) is 0 Å². The van der Waals surface area contributed by atoms with E-state index in [1.165, 1.54) is 6.08 Å². The summed E-state index contributed by atoms with van der Waals surface area (Å²) in [5.41, 5.74) is 1.33. The summed E-state index contributed by atoms with van der Waals surface area (Å²) in [6, 6.07) is 11.3. The number of aliphatic hydroxyl groups excluding tert-OH is 1. The molecule has 18 heavy (non-hydrogen) atoms. The molecule has 1 amide bonds. The molecular formula is C14H11NO3. The van der Waals surface area contributed by atoms with Gasteiger partial charge in [-0.25, -0.2) is 9.69 Å². The van der Waals surface area contributed by atoms with Crippen molar-refractivity contribution in [3.05, 3.63) is 48.0 Å². The van der Waals surface area contributed by atoms with Gasteiger partial charge < -0.3 is 10.2 Å². The normalized spacial score (nSPS) is 17.8. The largest absolute Gasteiger partial charge is 0.465 e. The Morgan fingerprint density at radius 1 is 1.17 bits per heavy atom. The van der Waals surface area contributed by atoms with Gasteiger partial charge in [0.25, 0.3) is 0 Å². The molecule has 0 saturated carbocycles. The van der Waals surface area contributed by atoms with Crippen LogP contribution in [0.25, 0.3) is 16.8 Å². The van der Waals surface area contributed by atoms with E-state index < -0.39 is 12.3 Å². The maximum absolute atomic E-state index is 11.2. The van der Waals surface area contributed by atoms with Crippen LogP contribution in [0.1, 0.15) is 5.56 Å². The molecule has 2 N–H and O–H groups in total. The second kappa shape index (κ2) is 3.85. The molecule has 0 saturated heterocycles. The number of carboxylic acid groups (broad SMARTS) is 1. The van der Waals surface area contributed by atoms with E-state index in [1.54, 1.807) is 12.1 Å². The third kappa shape index (κ3) is 1.47. The van der Waals surface area contributed by atoms with Crippen LogP contribution in [0.2, 0.25) is 0 Å². The van der Waals surface area contributed by atoms with Gasteiger partial charge in [-0.1, -0.05) is 36.4 Å². The Morgan fingerprint density at radius 3 is 2.72 bits per heavy atom. The third-order valence-corrected chi connectivity index (χ3v) is 3.11. The summed E-state index contributed by atoms with van der Waals surface area (Å²) >= 11 is 0. The lowest BCUT2D eigenvalue weighted by Gasteiger charge is -2.28. The number of aliphatic hydroxyl groups is 1. The minimum Gasteiger partial charge on any atom is -0.465 e. The van der Waals surface area contributed by atoms with Crippen LogP contribution in [0.15, 0.2) is 42.5 Å². The van der Waals surface area contributed by atoms with Crippen LogP contribution in [0.4, 0.5) is 10.5 Å². The monoisotopic (exact) mass is 241 g/mol. The first-order chi connectivity index (χ1) is 8.68. The zero-order valence-corrected chi connectivity index (χ0v) is 9.45. The molecule has 2 aromatic carbocycles. The lowest BCUT2D eigenvalue weighted by molar-refractivity contribution is 0.171. The number of benzene rings is 2. The van der Waals surface area contributed by atoms with Crippen molar-refractivity contribution in [3.8, 4) is 0 Å². The Hall–Kier alpha value is -2.33. The average Bonchev–Trinajstić information content (AvgIpc) is 2.37. The fourth-order valence-corrected chi connectivity index (χ4v) is 2.30. The second-order valence-corrected chi connectivity index (χ2v) is 4.14. The number of anilines is 1. The standard InChI is InChI=1S/C14H11NO3/c16-13-8-6-11-10-4-2-1-3-9(10)5-7-12(11)15(13)14(17)18/h1-8,13,16H,(H,17,18). The highest BCUT2D eigenvalue weighted by Crippen LogP contribution is 2.34. The molecule has 90 valence electrons. The van der Waals surface area contributed by atoms with E-state index in [0.29, 0.717) is 5.69 Å². The van der Waals surface area contributed by atoms with Gasteiger partial charge in [-0.3, -0.25) is 0 Å². The Labute approximate surface area is 103 Å². The van der Waals surface area contributed by atoms with Crippen LogP contribution in [0, 0.1) is 0 Å². The van der Waals surface area contributed by atoms with E-state index in [4.69, 9.17) is 5.11 Å². The van der Waals surface area contributed by atoms with Crippen LogP contribution in [-0.4, -0.2) is 22.5 Å². The smallest absolute Gasteiger partial charge is 0.414 e. The first-order valence-corrected chi connectivity index (χ1v) is 5.58. The molecule has 4 nitrogen and oxygen atoms in total. The number of carbonyl (C=O) groups is 1. The van der Waals surface area contributed by atoms with Gasteiger partial charge in [0.1, 0.15) is 0 Å². The van der Waals surface area contributed by atoms with Crippen LogP contribution in [0.5, 0.6) is 0 Å². The first-order valence-electron chi connectivity index (χ1n) is 5.58. The Bertz CT molecular complexity index is 663.